The number of hydrogen-bond acceptors (Lipinski definition) is 2. The number of carboxylic acid groups (broad SMARTS) is 1. The molecule has 18 heavy (non-hydrogen) atoms. The Morgan fingerprint density at radius 3 is 2.67 bits per heavy atom. The second-order valence-corrected chi connectivity index (χ2v) is 4.14. The van der Waals surface area contributed by atoms with Gasteiger partial charge in [-0.15, -0.1) is 0 Å². The predicted octanol–water partition coefficient (Wildman–Crippen LogP) is 1.60. The third-order valence-corrected chi connectivity index (χ3v) is 2.67. The number of benzene rings is 1. The summed E-state index contributed by atoms with van der Waals surface area (Å²) in [6.07, 6.45) is 0.931. The van der Waals surface area contributed by atoms with Crippen LogP contribution in [0.15, 0.2) is 24.3 Å². The molecule has 5 heteroatoms. The standard InChI is InChI=1S/C13H16FNO3/c1-9(13(18)15-8-12(16)17)6-7-10-4-2-3-5-11(10)14/h2-5,9H,6-8H2,1H3,(H,15,18)(H,16,17). The highest BCUT2D eigenvalue weighted by Gasteiger charge is 2.14. The van der Waals surface area contributed by atoms with Gasteiger partial charge in [-0.2, -0.15) is 0 Å². The number of carboxylic acids is 1. The highest BCUT2D eigenvalue weighted by Crippen LogP contribution is 2.12. The van der Waals surface area contributed by atoms with Crippen LogP contribution >= 0.6 is 0 Å². The summed E-state index contributed by atoms with van der Waals surface area (Å²) in [7, 11) is 0. The number of nitrogens with one attached hydrogen (secondary N) is 1. The van der Waals surface area contributed by atoms with E-state index >= 15 is 0 Å². The molecule has 0 fully saturated rings. The lowest BCUT2D eigenvalue weighted by molar-refractivity contribution is -0.138. The number of amides is 1. The molecular weight excluding hydrogens is 237 g/mol. The largest absolute Gasteiger partial charge is 0.480 e. The number of halogens is 1. The van der Waals surface area contributed by atoms with Crippen molar-refractivity contribution in [3.8, 4) is 0 Å². The summed E-state index contributed by atoms with van der Waals surface area (Å²) in [5.41, 5.74) is 0.565. The minimum Gasteiger partial charge on any atom is -0.480 e. The molecule has 0 aliphatic rings. The molecule has 1 rings (SSSR count). The van der Waals surface area contributed by atoms with Crippen molar-refractivity contribution in [1.82, 2.24) is 5.32 Å². The van der Waals surface area contributed by atoms with E-state index in [-0.39, 0.29) is 24.2 Å². The Labute approximate surface area is 105 Å². The van der Waals surface area contributed by atoms with Gasteiger partial charge in [0.05, 0.1) is 0 Å². The van der Waals surface area contributed by atoms with Crippen LogP contribution in [0, 0.1) is 11.7 Å². The second-order valence-electron chi connectivity index (χ2n) is 4.14. The zero-order valence-corrected chi connectivity index (χ0v) is 10.1. The third-order valence-electron chi connectivity index (χ3n) is 2.67. The van der Waals surface area contributed by atoms with Crippen molar-refractivity contribution in [2.75, 3.05) is 6.54 Å². The molecule has 1 unspecified atom stereocenters. The average Bonchev–Trinajstić information content (AvgIpc) is 2.34. The molecule has 0 aliphatic carbocycles. The zero-order chi connectivity index (χ0) is 13.5. The van der Waals surface area contributed by atoms with Crippen LogP contribution in [0.5, 0.6) is 0 Å². The topological polar surface area (TPSA) is 66.4 Å². The molecule has 0 saturated heterocycles. The Morgan fingerprint density at radius 2 is 2.06 bits per heavy atom. The van der Waals surface area contributed by atoms with Crippen LogP contribution in [0.3, 0.4) is 0 Å². The molecule has 1 atom stereocenters. The fraction of sp³-hybridized carbons (Fsp3) is 0.385. The summed E-state index contributed by atoms with van der Waals surface area (Å²) in [5.74, 6) is -2.03. The first kappa shape index (κ1) is 14.2. The maximum Gasteiger partial charge on any atom is 0.322 e. The highest BCUT2D eigenvalue weighted by molar-refractivity contribution is 5.82. The summed E-state index contributed by atoms with van der Waals surface area (Å²) >= 11 is 0. The Balaban J connectivity index is 2.41. The molecule has 1 amide bonds. The average molecular weight is 253 g/mol. The number of aliphatic carboxylic acids is 1. The van der Waals surface area contributed by atoms with Crippen molar-refractivity contribution >= 4 is 11.9 Å². The third kappa shape index (κ3) is 4.53. The molecule has 2 N–H and O–H groups in total. The maximum absolute atomic E-state index is 13.3. The molecule has 1 aromatic rings. The van der Waals surface area contributed by atoms with E-state index in [0.717, 1.165) is 0 Å². The quantitative estimate of drug-likeness (QED) is 0.809. The summed E-state index contributed by atoms with van der Waals surface area (Å²) in [4.78, 5) is 21.8. The van der Waals surface area contributed by atoms with E-state index in [1.165, 1.54) is 6.07 Å². The van der Waals surface area contributed by atoms with Crippen LogP contribution in [0.4, 0.5) is 4.39 Å². The van der Waals surface area contributed by atoms with Gasteiger partial charge in [0, 0.05) is 5.92 Å². The number of hydrogen-bond donors (Lipinski definition) is 2. The van der Waals surface area contributed by atoms with Gasteiger partial charge in [-0.25, -0.2) is 4.39 Å². The molecule has 4 nitrogen and oxygen atoms in total. The minimum atomic E-state index is -1.08. The maximum atomic E-state index is 13.3. The van der Waals surface area contributed by atoms with E-state index in [9.17, 15) is 14.0 Å². The molecule has 0 aliphatic heterocycles. The van der Waals surface area contributed by atoms with E-state index in [0.29, 0.717) is 18.4 Å². The van der Waals surface area contributed by atoms with E-state index in [1.807, 2.05) is 0 Å². The van der Waals surface area contributed by atoms with Crippen LogP contribution in [-0.2, 0) is 16.0 Å². The lowest BCUT2D eigenvalue weighted by Crippen LogP contribution is -2.33. The Bertz CT molecular complexity index is 434. The summed E-state index contributed by atoms with van der Waals surface area (Å²) in [5, 5.41) is 10.7. The van der Waals surface area contributed by atoms with Crippen LogP contribution in [0.1, 0.15) is 18.9 Å². The molecule has 0 saturated carbocycles. The zero-order valence-electron chi connectivity index (χ0n) is 10.1. The van der Waals surface area contributed by atoms with Crippen LogP contribution in [0.2, 0.25) is 0 Å². The van der Waals surface area contributed by atoms with E-state index in [1.54, 1.807) is 25.1 Å². The molecule has 98 valence electrons. The van der Waals surface area contributed by atoms with Crippen molar-refractivity contribution in [2.24, 2.45) is 5.92 Å². The van der Waals surface area contributed by atoms with Gasteiger partial charge in [0.15, 0.2) is 0 Å². The van der Waals surface area contributed by atoms with Crippen molar-refractivity contribution in [1.29, 1.82) is 0 Å². The van der Waals surface area contributed by atoms with Crippen LogP contribution in [0.25, 0.3) is 0 Å². The molecule has 0 heterocycles. The van der Waals surface area contributed by atoms with Gasteiger partial charge >= 0.3 is 5.97 Å². The van der Waals surface area contributed by atoms with Gasteiger partial charge in [0.25, 0.3) is 0 Å². The van der Waals surface area contributed by atoms with E-state index < -0.39 is 5.97 Å². The molecule has 0 spiro atoms. The van der Waals surface area contributed by atoms with Crippen molar-refractivity contribution in [2.45, 2.75) is 19.8 Å². The number of carbonyl (C=O) groups excluding carboxylic acids is 1. The minimum absolute atomic E-state index is 0.282. The van der Waals surface area contributed by atoms with Gasteiger partial charge in [-0.1, -0.05) is 25.1 Å². The first-order chi connectivity index (χ1) is 8.50. The summed E-state index contributed by atoms with van der Waals surface area (Å²) < 4.78 is 13.3. The van der Waals surface area contributed by atoms with Gasteiger partial charge in [0.1, 0.15) is 12.4 Å². The molecule has 0 bridgehead atoms. The molecular formula is C13H16FNO3. The van der Waals surface area contributed by atoms with Crippen molar-refractivity contribution < 1.29 is 19.1 Å². The normalized spacial score (nSPS) is 11.9. The lowest BCUT2D eigenvalue weighted by atomic mass is 10.00. The smallest absolute Gasteiger partial charge is 0.322 e. The molecule has 0 radical (unpaired) electrons. The van der Waals surface area contributed by atoms with E-state index in [2.05, 4.69) is 5.32 Å². The number of rotatable bonds is 6. The van der Waals surface area contributed by atoms with Gasteiger partial charge in [-0.3, -0.25) is 9.59 Å². The second kappa shape index (κ2) is 6.74. The summed E-state index contributed by atoms with van der Waals surface area (Å²) in [6, 6.07) is 6.41. The van der Waals surface area contributed by atoms with E-state index in [4.69, 9.17) is 5.11 Å². The Morgan fingerprint density at radius 1 is 1.39 bits per heavy atom. The Kier molecular flexibility index (Phi) is 5.30. The first-order valence-electron chi connectivity index (χ1n) is 5.73. The summed E-state index contributed by atoms with van der Waals surface area (Å²) in [6.45, 7) is 1.31. The number of aryl methyl sites for hydroxylation is 1. The highest BCUT2D eigenvalue weighted by atomic mass is 19.1. The first-order valence-corrected chi connectivity index (χ1v) is 5.73. The van der Waals surface area contributed by atoms with Gasteiger partial charge < -0.3 is 10.4 Å². The van der Waals surface area contributed by atoms with Gasteiger partial charge in [-0.05, 0) is 24.5 Å². The SMILES string of the molecule is CC(CCc1ccccc1F)C(=O)NCC(=O)O. The Hall–Kier alpha value is -1.91. The lowest BCUT2D eigenvalue weighted by Gasteiger charge is -2.11. The van der Waals surface area contributed by atoms with Crippen LogP contribution < -0.4 is 5.32 Å². The predicted molar refractivity (Wildman–Crippen MR) is 64.5 cm³/mol. The monoisotopic (exact) mass is 253 g/mol. The number of carbonyl (C=O) groups is 2. The van der Waals surface area contributed by atoms with Crippen molar-refractivity contribution in [3.05, 3.63) is 35.6 Å². The van der Waals surface area contributed by atoms with Crippen molar-refractivity contribution in [3.63, 3.8) is 0 Å². The molecule has 1 aromatic carbocycles. The fourth-order valence-electron chi connectivity index (χ4n) is 1.54. The fourth-order valence-corrected chi connectivity index (χ4v) is 1.54. The molecule has 0 aromatic heterocycles. The van der Waals surface area contributed by atoms with Crippen LogP contribution in [-0.4, -0.2) is 23.5 Å². The van der Waals surface area contributed by atoms with Gasteiger partial charge in [0.2, 0.25) is 5.91 Å².